The molecule has 1 atom stereocenters. The Hall–Kier alpha value is -3.40. The van der Waals surface area contributed by atoms with Crippen LogP contribution in [-0.2, 0) is 17.6 Å². The zero-order chi connectivity index (χ0) is 23.1. The number of alkyl halides is 2. The van der Waals surface area contributed by atoms with Crippen LogP contribution < -0.4 is 15.0 Å². The third-order valence-electron chi connectivity index (χ3n) is 4.18. The largest absolute Gasteiger partial charge is 0.771 e. The zero-order valence-corrected chi connectivity index (χ0v) is 17.9. The molecule has 0 aliphatic rings. The van der Waals surface area contributed by atoms with Crippen molar-refractivity contribution < 1.29 is 27.1 Å². The number of ether oxygens (including phenoxy) is 1. The number of carbonyl (C=O) groups is 1. The summed E-state index contributed by atoms with van der Waals surface area (Å²) >= 11 is -1.37. The van der Waals surface area contributed by atoms with Crippen molar-refractivity contribution in [2.45, 2.75) is 13.2 Å². The average molecular weight is 477 g/mol. The highest BCUT2D eigenvalue weighted by molar-refractivity contribution is 7.79. The Bertz CT molecular complexity index is 1150. The summed E-state index contributed by atoms with van der Waals surface area (Å²) in [6, 6.07) is 14.7. The Kier molecular flexibility index (Phi) is 7.82. The monoisotopic (exact) mass is 477 g/mol. The first-order chi connectivity index (χ1) is 15.4. The molecule has 1 heterocycles. The molecule has 3 aromatic rings. The molecule has 0 aliphatic carbocycles. The number of aromatic nitrogens is 1. The molecule has 1 unspecified atom stereocenters. The molecule has 0 fully saturated rings. The van der Waals surface area contributed by atoms with E-state index in [1.165, 1.54) is 11.6 Å². The van der Waals surface area contributed by atoms with Crippen molar-refractivity contribution >= 4 is 39.0 Å². The minimum Gasteiger partial charge on any atom is -0.771 e. The van der Waals surface area contributed by atoms with E-state index < -0.39 is 29.5 Å². The summed E-state index contributed by atoms with van der Waals surface area (Å²) < 4.78 is 51.9. The Morgan fingerprint density at radius 2 is 2.00 bits per heavy atom. The molecule has 32 heavy (non-hydrogen) atoms. The van der Waals surface area contributed by atoms with Gasteiger partial charge in [-0.1, -0.05) is 18.2 Å². The molecule has 1 N–H and O–H groups in total. The fourth-order valence-electron chi connectivity index (χ4n) is 2.81. The van der Waals surface area contributed by atoms with Crippen LogP contribution in [0.1, 0.15) is 21.6 Å². The summed E-state index contributed by atoms with van der Waals surface area (Å²) in [6.07, 6.45) is 0. The summed E-state index contributed by atoms with van der Waals surface area (Å²) in [4.78, 5) is 18.2. The van der Waals surface area contributed by atoms with Gasteiger partial charge in [0.05, 0.1) is 29.6 Å². The van der Waals surface area contributed by atoms with E-state index in [0.29, 0.717) is 21.8 Å². The normalized spacial score (nSPS) is 11.6. The van der Waals surface area contributed by atoms with Gasteiger partial charge in [0.15, 0.2) is 5.69 Å². The molecular weight excluding hydrogens is 462 g/mol. The van der Waals surface area contributed by atoms with E-state index in [1.54, 1.807) is 47.4 Å². The van der Waals surface area contributed by atoms with Crippen LogP contribution in [-0.4, -0.2) is 32.1 Å². The van der Waals surface area contributed by atoms with Crippen molar-refractivity contribution in [3.05, 3.63) is 70.9 Å². The van der Waals surface area contributed by atoms with Crippen molar-refractivity contribution in [1.82, 2.24) is 10.3 Å². The number of hydrogen-bond acceptors (Lipinski definition) is 8. The number of para-hydroxylation sites is 1. The number of benzene rings is 2. The topological polar surface area (TPSA) is 118 Å². The van der Waals surface area contributed by atoms with Crippen molar-refractivity contribution in [1.29, 1.82) is 5.26 Å². The number of carbonyl (C=O) groups excluding carboxylic acids is 1. The Balaban J connectivity index is 2.02. The van der Waals surface area contributed by atoms with E-state index in [4.69, 9.17) is 5.26 Å². The maximum Gasteiger partial charge on any atom is 0.387 e. The Morgan fingerprint density at radius 1 is 1.28 bits per heavy atom. The maximum atomic E-state index is 12.9. The molecule has 0 bridgehead atoms. The van der Waals surface area contributed by atoms with Crippen LogP contribution in [0.5, 0.6) is 5.75 Å². The van der Waals surface area contributed by atoms with E-state index in [2.05, 4.69) is 15.0 Å². The highest BCUT2D eigenvalue weighted by atomic mass is 32.2. The van der Waals surface area contributed by atoms with Gasteiger partial charge >= 0.3 is 6.61 Å². The fourth-order valence-corrected chi connectivity index (χ4v) is 3.87. The first kappa shape index (κ1) is 23.3. The number of amides is 1. The fraction of sp³-hybridized carbons (Fsp3) is 0.150. The molecule has 0 aliphatic heterocycles. The van der Waals surface area contributed by atoms with Crippen LogP contribution in [0, 0.1) is 11.3 Å². The van der Waals surface area contributed by atoms with Crippen LogP contribution in [0.4, 0.5) is 19.5 Å². The number of anilines is 2. The second-order valence-electron chi connectivity index (χ2n) is 6.19. The quantitative estimate of drug-likeness (QED) is 0.469. The predicted molar refractivity (Wildman–Crippen MR) is 113 cm³/mol. The van der Waals surface area contributed by atoms with E-state index in [0.717, 1.165) is 11.3 Å². The van der Waals surface area contributed by atoms with Gasteiger partial charge in [-0.25, -0.2) is 4.98 Å². The van der Waals surface area contributed by atoms with Crippen LogP contribution in [0.3, 0.4) is 0 Å². The van der Waals surface area contributed by atoms with Crippen molar-refractivity contribution in [3.63, 3.8) is 0 Å². The number of thiazole rings is 1. The van der Waals surface area contributed by atoms with E-state index in [-0.39, 0.29) is 18.0 Å². The van der Waals surface area contributed by atoms with Gasteiger partial charge in [-0.05, 0) is 41.4 Å². The second kappa shape index (κ2) is 10.8. The summed E-state index contributed by atoms with van der Waals surface area (Å²) in [6.45, 7) is -2.98. The molecule has 12 heteroatoms. The average Bonchev–Trinajstić information content (AvgIpc) is 3.26. The smallest absolute Gasteiger partial charge is 0.387 e. The van der Waals surface area contributed by atoms with E-state index >= 15 is 0 Å². The first-order valence-corrected chi connectivity index (χ1v) is 11.1. The molecule has 3 rings (SSSR count). The predicted octanol–water partition coefficient (Wildman–Crippen LogP) is 3.52. The molecule has 0 saturated heterocycles. The Labute approximate surface area is 188 Å². The SMILES string of the molecule is N#Cc1ccc(N(Cc2ccccc2OC(F)F)c2scnc2C(=O)NCS(=O)[O-])cc1. The molecule has 166 valence electrons. The number of nitrogens with zero attached hydrogens (tertiary/aromatic N) is 3. The molecule has 8 nitrogen and oxygen atoms in total. The third-order valence-corrected chi connectivity index (χ3v) is 5.41. The lowest BCUT2D eigenvalue weighted by Gasteiger charge is -2.25. The third kappa shape index (κ3) is 5.85. The number of rotatable bonds is 9. The first-order valence-electron chi connectivity index (χ1n) is 8.97. The minimum absolute atomic E-state index is 0.0292. The van der Waals surface area contributed by atoms with Crippen molar-refractivity contribution in [2.75, 3.05) is 10.8 Å². The highest BCUT2D eigenvalue weighted by Crippen LogP contribution is 2.35. The second-order valence-corrected chi connectivity index (χ2v) is 7.92. The van der Waals surface area contributed by atoms with Crippen LogP contribution in [0.15, 0.2) is 54.0 Å². The molecule has 0 radical (unpaired) electrons. The van der Waals surface area contributed by atoms with E-state index in [9.17, 15) is 22.3 Å². The molecule has 2 aromatic carbocycles. The molecule has 0 spiro atoms. The summed E-state index contributed by atoms with van der Waals surface area (Å²) in [5.41, 5.74) is 2.77. The lowest BCUT2D eigenvalue weighted by Crippen LogP contribution is -2.29. The van der Waals surface area contributed by atoms with Gasteiger partial charge in [0.1, 0.15) is 10.8 Å². The van der Waals surface area contributed by atoms with Crippen molar-refractivity contribution in [3.8, 4) is 11.8 Å². The van der Waals surface area contributed by atoms with Crippen molar-refractivity contribution in [2.24, 2.45) is 0 Å². The van der Waals surface area contributed by atoms with Gasteiger partial charge < -0.3 is 19.5 Å². The van der Waals surface area contributed by atoms with Gasteiger partial charge in [0, 0.05) is 11.3 Å². The molecule has 0 saturated carbocycles. The van der Waals surface area contributed by atoms with Gasteiger partial charge in [-0.3, -0.25) is 9.00 Å². The number of halogens is 2. The number of nitriles is 1. The summed E-state index contributed by atoms with van der Waals surface area (Å²) in [5, 5.41) is 11.7. The van der Waals surface area contributed by atoms with Gasteiger partial charge in [0.25, 0.3) is 5.91 Å². The van der Waals surface area contributed by atoms with Gasteiger partial charge in [-0.15, -0.1) is 11.3 Å². The van der Waals surface area contributed by atoms with Gasteiger partial charge in [0.2, 0.25) is 0 Å². The molecule has 1 aromatic heterocycles. The molecular formula is C20H15F2N4O4S2-. The summed E-state index contributed by atoms with van der Waals surface area (Å²) in [7, 11) is 0. The van der Waals surface area contributed by atoms with Crippen LogP contribution in [0.25, 0.3) is 0 Å². The van der Waals surface area contributed by atoms with Gasteiger partial charge in [-0.2, -0.15) is 14.0 Å². The number of hydrogen-bond donors (Lipinski definition) is 1. The van der Waals surface area contributed by atoms with Crippen LogP contribution in [0.2, 0.25) is 0 Å². The highest BCUT2D eigenvalue weighted by Gasteiger charge is 2.23. The minimum atomic E-state index is -3.02. The summed E-state index contributed by atoms with van der Waals surface area (Å²) in [5.74, 6) is -1.32. The number of nitrogens with one attached hydrogen (secondary N) is 1. The maximum absolute atomic E-state index is 12.9. The van der Waals surface area contributed by atoms with Crippen LogP contribution >= 0.6 is 11.3 Å². The lowest BCUT2D eigenvalue weighted by atomic mass is 10.1. The molecule has 1 amide bonds. The standard InChI is InChI=1S/C20H16F2N4O4S2/c21-20(22)30-16-4-2-1-3-14(16)10-26(15-7-5-13(9-23)6-8-15)19-17(24-11-31-19)18(27)25-12-32(28)29/h1-8,11,20H,10,12H2,(H,25,27)(H,28,29)/p-1. The zero-order valence-electron chi connectivity index (χ0n) is 16.2. The van der Waals surface area contributed by atoms with E-state index in [1.807, 2.05) is 6.07 Å². The Morgan fingerprint density at radius 3 is 2.66 bits per heavy atom. The lowest BCUT2D eigenvalue weighted by molar-refractivity contribution is -0.0504.